The Morgan fingerprint density at radius 1 is 1.05 bits per heavy atom. The van der Waals surface area contributed by atoms with Gasteiger partial charge in [-0.15, -0.1) is 0 Å². The lowest BCUT2D eigenvalue weighted by atomic mass is 9.96. The monoisotopic (exact) mass is 286 g/mol. The number of hydrogen-bond acceptors (Lipinski definition) is 2. The standard InChI is InChI=1S/C18H23FN2/c1-4-9-21-18(16-10-17(19)12-20-11-16)15-7-5-14(6-8-15)13(2)3/h5-8,10-13,18,21H,4,9H2,1-3H3. The molecule has 0 aliphatic carbocycles. The van der Waals surface area contributed by atoms with Crippen molar-refractivity contribution in [3.05, 3.63) is 65.2 Å². The molecule has 1 aromatic heterocycles. The molecule has 2 rings (SSSR count). The van der Waals surface area contributed by atoms with Crippen LogP contribution in [-0.4, -0.2) is 11.5 Å². The molecule has 2 aromatic rings. The highest BCUT2D eigenvalue weighted by Crippen LogP contribution is 2.24. The van der Waals surface area contributed by atoms with E-state index in [1.54, 1.807) is 12.3 Å². The van der Waals surface area contributed by atoms with Crippen LogP contribution in [0.2, 0.25) is 0 Å². The van der Waals surface area contributed by atoms with E-state index in [2.05, 4.69) is 55.3 Å². The van der Waals surface area contributed by atoms with Gasteiger partial charge < -0.3 is 5.32 Å². The Hall–Kier alpha value is -1.74. The maximum absolute atomic E-state index is 13.4. The van der Waals surface area contributed by atoms with E-state index in [9.17, 15) is 4.39 Å². The van der Waals surface area contributed by atoms with E-state index in [0.717, 1.165) is 24.1 Å². The van der Waals surface area contributed by atoms with Crippen LogP contribution in [0.1, 0.15) is 55.8 Å². The van der Waals surface area contributed by atoms with Crippen molar-refractivity contribution in [3.8, 4) is 0 Å². The minimum Gasteiger partial charge on any atom is -0.306 e. The van der Waals surface area contributed by atoms with Crippen LogP contribution in [0.25, 0.3) is 0 Å². The van der Waals surface area contributed by atoms with Gasteiger partial charge in [-0.3, -0.25) is 4.98 Å². The van der Waals surface area contributed by atoms with Gasteiger partial charge in [0.05, 0.1) is 12.2 Å². The molecule has 0 bridgehead atoms. The fourth-order valence-corrected chi connectivity index (χ4v) is 2.38. The van der Waals surface area contributed by atoms with Crippen LogP contribution < -0.4 is 5.32 Å². The van der Waals surface area contributed by atoms with Gasteiger partial charge in [0.1, 0.15) is 5.82 Å². The molecule has 2 nitrogen and oxygen atoms in total. The molecule has 1 N–H and O–H groups in total. The second-order valence-electron chi connectivity index (χ2n) is 5.64. The summed E-state index contributed by atoms with van der Waals surface area (Å²) in [6.45, 7) is 7.36. The summed E-state index contributed by atoms with van der Waals surface area (Å²) < 4.78 is 13.4. The number of nitrogens with one attached hydrogen (secondary N) is 1. The molecule has 21 heavy (non-hydrogen) atoms. The third kappa shape index (κ3) is 4.11. The molecule has 0 saturated heterocycles. The summed E-state index contributed by atoms with van der Waals surface area (Å²) in [5.74, 6) is 0.214. The summed E-state index contributed by atoms with van der Waals surface area (Å²) in [5, 5.41) is 3.47. The summed E-state index contributed by atoms with van der Waals surface area (Å²) in [5.41, 5.74) is 3.31. The van der Waals surface area contributed by atoms with Crippen molar-refractivity contribution in [1.82, 2.24) is 10.3 Å². The summed E-state index contributed by atoms with van der Waals surface area (Å²) >= 11 is 0. The molecule has 0 saturated carbocycles. The van der Waals surface area contributed by atoms with E-state index >= 15 is 0 Å². The van der Waals surface area contributed by atoms with Crippen LogP contribution in [0, 0.1) is 5.82 Å². The van der Waals surface area contributed by atoms with E-state index in [0.29, 0.717) is 5.92 Å². The van der Waals surface area contributed by atoms with Crippen LogP contribution in [-0.2, 0) is 0 Å². The largest absolute Gasteiger partial charge is 0.306 e. The van der Waals surface area contributed by atoms with E-state index in [4.69, 9.17) is 0 Å². The Labute approximate surface area is 126 Å². The smallest absolute Gasteiger partial charge is 0.141 e. The van der Waals surface area contributed by atoms with Gasteiger partial charge >= 0.3 is 0 Å². The van der Waals surface area contributed by atoms with Crippen molar-refractivity contribution in [2.24, 2.45) is 0 Å². The lowest BCUT2D eigenvalue weighted by molar-refractivity contribution is 0.580. The minimum absolute atomic E-state index is 0.0191. The maximum Gasteiger partial charge on any atom is 0.141 e. The average Bonchev–Trinajstić information content (AvgIpc) is 2.48. The second-order valence-corrected chi connectivity index (χ2v) is 5.64. The summed E-state index contributed by atoms with van der Waals surface area (Å²) in [7, 11) is 0. The van der Waals surface area contributed by atoms with Crippen LogP contribution in [0.3, 0.4) is 0 Å². The van der Waals surface area contributed by atoms with Crippen molar-refractivity contribution >= 4 is 0 Å². The third-order valence-electron chi connectivity index (χ3n) is 3.59. The van der Waals surface area contributed by atoms with Crippen LogP contribution in [0.5, 0.6) is 0 Å². The lowest BCUT2D eigenvalue weighted by Gasteiger charge is -2.20. The van der Waals surface area contributed by atoms with Crippen LogP contribution >= 0.6 is 0 Å². The normalized spacial score (nSPS) is 12.6. The van der Waals surface area contributed by atoms with E-state index in [1.165, 1.54) is 11.8 Å². The van der Waals surface area contributed by atoms with Gasteiger partial charge in [0.2, 0.25) is 0 Å². The highest BCUT2D eigenvalue weighted by molar-refractivity contribution is 5.33. The molecule has 1 unspecified atom stereocenters. The molecule has 0 amide bonds. The van der Waals surface area contributed by atoms with Crippen molar-refractivity contribution < 1.29 is 4.39 Å². The summed E-state index contributed by atoms with van der Waals surface area (Å²) in [6.07, 6.45) is 4.00. The number of nitrogens with zero attached hydrogens (tertiary/aromatic N) is 1. The molecule has 0 aliphatic rings. The van der Waals surface area contributed by atoms with Gasteiger partial charge in [-0.1, -0.05) is 45.0 Å². The summed E-state index contributed by atoms with van der Waals surface area (Å²) in [4.78, 5) is 3.97. The molecular formula is C18H23FN2. The van der Waals surface area contributed by atoms with E-state index in [1.807, 2.05) is 0 Å². The lowest BCUT2D eigenvalue weighted by Crippen LogP contribution is -2.23. The highest BCUT2D eigenvalue weighted by Gasteiger charge is 2.14. The molecule has 0 fully saturated rings. The second kappa shape index (κ2) is 7.32. The highest BCUT2D eigenvalue weighted by atomic mass is 19.1. The molecule has 1 aromatic carbocycles. The van der Waals surface area contributed by atoms with Crippen molar-refractivity contribution in [3.63, 3.8) is 0 Å². The van der Waals surface area contributed by atoms with Gasteiger partial charge in [0.25, 0.3) is 0 Å². The fourth-order valence-electron chi connectivity index (χ4n) is 2.38. The molecular weight excluding hydrogens is 263 g/mol. The molecule has 1 heterocycles. The average molecular weight is 286 g/mol. The van der Waals surface area contributed by atoms with Crippen LogP contribution in [0.4, 0.5) is 4.39 Å². The Morgan fingerprint density at radius 3 is 2.29 bits per heavy atom. The zero-order valence-corrected chi connectivity index (χ0v) is 12.9. The molecule has 0 spiro atoms. The Kier molecular flexibility index (Phi) is 5.45. The van der Waals surface area contributed by atoms with Gasteiger partial charge in [-0.05, 0) is 41.6 Å². The van der Waals surface area contributed by atoms with Crippen molar-refractivity contribution in [1.29, 1.82) is 0 Å². The van der Waals surface area contributed by atoms with Crippen molar-refractivity contribution in [2.45, 2.75) is 39.2 Å². The SMILES string of the molecule is CCCNC(c1ccc(C(C)C)cc1)c1cncc(F)c1. The zero-order chi connectivity index (χ0) is 15.2. The Morgan fingerprint density at radius 2 is 1.71 bits per heavy atom. The number of benzene rings is 1. The number of aromatic nitrogens is 1. The quantitative estimate of drug-likeness (QED) is 0.849. The predicted octanol–water partition coefficient (Wildman–Crippen LogP) is 4.43. The minimum atomic E-state index is -0.297. The number of rotatable bonds is 6. The van der Waals surface area contributed by atoms with Crippen molar-refractivity contribution in [2.75, 3.05) is 6.54 Å². The van der Waals surface area contributed by atoms with Gasteiger partial charge in [0.15, 0.2) is 0 Å². The molecule has 112 valence electrons. The zero-order valence-electron chi connectivity index (χ0n) is 12.9. The first-order valence-electron chi connectivity index (χ1n) is 7.55. The topological polar surface area (TPSA) is 24.9 Å². The Bertz CT molecular complexity index is 564. The first kappa shape index (κ1) is 15.6. The van der Waals surface area contributed by atoms with E-state index < -0.39 is 0 Å². The number of halogens is 1. The van der Waals surface area contributed by atoms with Gasteiger partial charge in [-0.2, -0.15) is 0 Å². The summed E-state index contributed by atoms with van der Waals surface area (Å²) in [6, 6.07) is 10.1. The predicted molar refractivity (Wildman–Crippen MR) is 84.9 cm³/mol. The molecule has 3 heteroatoms. The molecule has 0 aliphatic heterocycles. The first-order chi connectivity index (χ1) is 10.1. The fraction of sp³-hybridized carbons (Fsp3) is 0.389. The maximum atomic E-state index is 13.4. The van der Waals surface area contributed by atoms with Gasteiger partial charge in [0, 0.05) is 6.20 Å². The first-order valence-corrected chi connectivity index (χ1v) is 7.55. The number of hydrogen-bond donors (Lipinski definition) is 1. The van der Waals surface area contributed by atoms with E-state index in [-0.39, 0.29) is 11.9 Å². The Balaban J connectivity index is 2.31. The molecule has 1 atom stereocenters. The molecule has 0 radical (unpaired) electrons. The van der Waals surface area contributed by atoms with Gasteiger partial charge in [-0.25, -0.2) is 4.39 Å². The number of pyridine rings is 1. The van der Waals surface area contributed by atoms with Crippen LogP contribution in [0.15, 0.2) is 42.7 Å². The third-order valence-corrected chi connectivity index (χ3v) is 3.59.